The minimum Gasteiger partial charge on any atom is -0.381 e. The fraction of sp³-hybridized carbons (Fsp3) is 1.00. The van der Waals surface area contributed by atoms with E-state index in [1.54, 1.807) is 7.11 Å². The Kier molecular flexibility index (Phi) is 22.5. The van der Waals surface area contributed by atoms with Crippen LogP contribution in [0, 0.1) is 0 Å². The van der Waals surface area contributed by atoms with Crippen LogP contribution in [0.2, 0.25) is 0 Å². The molecule has 0 heterocycles. The molecule has 0 saturated heterocycles. The monoisotopic (exact) mass is 232 g/mol. The molecule has 0 aromatic rings. The molecule has 1 aliphatic rings. The summed E-state index contributed by atoms with van der Waals surface area (Å²) < 4.78 is 5.11. The van der Waals surface area contributed by atoms with Gasteiger partial charge in [0.2, 0.25) is 0 Å². The summed E-state index contributed by atoms with van der Waals surface area (Å²) in [7, 11) is 1.80. The summed E-state index contributed by atoms with van der Waals surface area (Å²) in [6.07, 6.45) is 5.92. The molecule has 0 bridgehead atoms. The minimum absolute atomic E-state index is 0. The average molecular weight is 232 g/mol. The zero-order valence-corrected chi connectivity index (χ0v) is 10.5. The molecule has 0 N–H and O–H groups in total. The van der Waals surface area contributed by atoms with Gasteiger partial charge in [0.25, 0.3) is 0 Å². The van der Waals surface area contributed by atoms with Crippen LogP contribution in [0.5, 0.6) is 0 Å². The van der Waals surface area contributed by atoms with Gasteiger partial charge in [0, 0.05) is 44.2 Å². The molecule has 1 aliphatic carbocycles. The number of ether oxygens (including phenoxy) is 1. The molecule has 0 spiro atoms. The Bertz CT molecular complexity index is 54.1. The molecule has 2 radical (unpaired) electrons. The second kappa shape index (κ2) is 13.7. The maximum atomic E-state index is 5.11. The van der Waals surface area contributed by atoms with E-state index in [4.69, 9.17) is 4.74 Å². The van der Waals surface area contributed by atoms with Gasteiger partial charge in [-0.25, -0.2) is 0 Å². The molecule has 1 fully saturated rings. The third kappa shape index (κ3) is 9.04. The van der Waals surface area contributed by atoms with Crippen LogP contribution < -0.4 is 0 Å². The molecular weight excluding hydrogens is 214 g/mol. The molecule has 11 heavy (non-hydrogen) atoms. The van der Waals surface area contributed by atoms with Crippen LogP contribution in [0.4, 0.5) is 0 Å². The molecule has 0 aromatic heterocycles. The van der Waals surface area contributed by atoms with Gasteiger partial charge in [-0.1, -0.05) is 26.7 Å². The van der Waals surface area contributed by atoms with Crippen molar-refractivity contribution < 1.29 is 41.8 Å². The SMILES string of the molecule is CC.COC1CCCC1.[V].[V]. The molecular formula is C8H18OV2. The second-order valence-electron chi connectivity index (χ2n) is 2.14. The van der Waals surface area contributed by atoms with E-state index in [2.05, 4.69) is 0 Å². The van der Waals surface area contributed by atoms with Crippen LogP contribution >= 0.6 is 0 Å². The van der Waals surface area contributed by atoms with Gasteiger partial charge in [-0.05, 0) is 12.8 Å². The van der Waals surface area contributed by atoms with Crippen molar-refractivity contribution in [1.82, 2.24) is 0 Å². The average Bonchev–Trinajstić information content (AvgIpc) is 2.43. The van der Waals surface area contributed by atoms with E-state index >= 15 is 0 Å². The molecule has 66 valence electrons. The van der Waals surface area contributed by atoms with E-state index in [0.717, 1.165) is 0 Å². The van der Waals surface area contributed by atoms with Crippen molar-refractivity contribution in [2.45, 2.75) is 45.6 Å². The molecule has 1 saturated carbocycles. The molecule has 1 rings (SSSR count). The van der Waals surface area contributed by atoms with Crippen LogP contribution in [-0.4, -0.2) is 13.2 Å². The Balaban J connectivity index is -0.000000149. The van der Waals surface area contributed by atoms with Crippen LogP contribution in [0.1, 0.15) is 39.5 Å². The molecule has 0 unspecified atom stereocenters. The smallest absolute Gasteiger partial charge is 0.0571 e. The number of methoxy groups -OCH3 is 1. The fourth-order valence-corrected chi connectivity index (χ4v) is 1.12. The predicted molar refractivity (Wildman–Crippen MR) is 40.6 cm³/mol. The number of rotatable bonds is 1. The van der Waals surface area contributed by atoms with Gasteiger partial charge < -0.3 is 4.74 Å². The first-order valence-corrected chi connectivity index (χ1v) is 3.96. The van der Waals surface area contributed by atoms with E-state index in [-0.39, 0.29) is 37.1 Å². The van der Waals surface area contributed by atoms with Crippen molar-refractivity contribution >= 4 is 0 Å². The van der Waals surface area contributed by atoms with Gasteiger partial charge in [0.15, 0.2) is 0 Å². The van der Waals surface area contributed by atoms with Gasteiger partial charge in [-0.2, -0.15) is 0 Å². The maximum Gasteiger partial charge on any atom is 0.0571 e. The van der Waals surface area contributed by atoms with Crippen LogP contribution in [0.25, 0.3) is 0 Å². The Morgan fingerprint density at radius 1 is 1.00 bits per heavy atom. The van der Waals surface area contributed by atoms with Crippen molar-refractivity contribution in [3.8, 4) is 0 Å². The number of hydrogen-bond donors (Lipinski definition) is 0. The van der Waals surface area contributed by atoms with Gasteiger partial charge in [-0.3, -0.25) is 0 Å². The molecule has 3 heteroatoms. The summed E-state index contributed by atoms with van der Waals surface area (Å²) >= 11 is 0. The first kappa shape index (κ1) is 18.0. The van der Waals surface area contributed by atoms with Crippen molar-refractivity contribution in [3.05, 3.63) is 0 Å². The van der Waals surface area contributed by atoms with E-state index < -0.39 is 0 Å². The Morgan fingerprint density at radius 2 is 1.36 bits per heavy atom. The van der Waals surface area contributed by atoms with Crippen molar-refractivity contribution in [3.63, 3.8) is 0 Å². The molecule has 0 amide bonds. The van der Waals surface area contributed by atoms with E-state index in [0.29, 0.717) is 6.10 Å². The first-order chi connectivity index (χ1) is 4.43. The van der Waals surface area contributed by atoms with Gasteiger partial charge in [0.1, 0.15) is 0 Å². The standard InChI is InChI=1S/C6H12O.C2H6.2V/c1-7-6-4-2-3-5-6;1-2;;/h6H,2-5H2,1H3;1-2H3;;. The summed E-state index contributed by atoms with van der Waals surface area (Å²) in [6.45, 7) is 4.00. The summed E-state index contributed by atoms with van der Waals surface area (Å²) in [5.74, 6) is 0. The molecule has 1 nitrogen and oxygen atoms in total. The summed E-state index contributed by atoms with van der Waals surface area (Å²) in [5.41, 5.74) is 0. The quantitative estimate of drug-likeness (QED) is 0.675. The predicted octanol–water partition coefficient (Wildman–Crippen LogP) is 2.60. The van der Waals surface area contributed by atoms with Crippen molar-refractivity contribution in [1.29, 1.82) is 0 Å². The van der Waals surface area contributed by atoms with Gasteiger partial charge in [0.05, 0.1) is 6.10 Å². The Hall–Kier alpha value is 1.13. The Morgan fingerprint density at radius 3 is 1.55 bits per heavy atom. The van der Waals surface area contributed by atoms with E-state index in [9.17, 15) is 0 Å². The minimum atomic E-state index is 0. The number of hydrogen-bond acceptors (Lipinski definition) is 1. The molecule has 0 aliphatic heterocycles. The zero-order valence-electron chi connectivity index (χ0n) is 7.71. The Labute approximate surface area is 94.4 Å². The molecule has 0 atom stereocenters. The second-order valence-corrected chi connectivity index (χ2v) is 2.14. The topological polar surface area (TPSA) is 9.23 Å². The summed E-state index contributed by atoms with van der Waals surface area (Å²) in [4.78, 5) is 0. The van der Waals surface area contributed by atoms with Crippen LogP contribution in [0.15, 0.2) is 0 Å². The largest absolute Gasteiger partial charge is 0.381 e. The van der Waals surface area contributed by atoms with Crippen LogP contribution in [-0.2, 0) is 41.8 Å². The maximum absolute atomic E-state index is 5.11. The van der Waals surface area contributed by atoms with E-state index in [1.165, 1.54) is 25.7 Å². The normalized spacial score (nSPS) is 15.5. The fourth-order valence-electron chi connectivity index (χ4n) is 1.12. The third-order valence-corrected chi connectivity index (χ3v) is 1.64. The first-order valence-electron chi connectivity index (χ1n) is 3.96. The van der Waals surface area contributed by atoms with Gasteiger partial charge in [-0.15, -0.1) is 0 Å². The van der Waals surface area contributed by atoms with Crippen molar-refractivity contribution in [2.75, 3.05) is 7.11 Å². The third-order valence-electron chi connectivity index (χ3n) is 1.64. The zero-order chi connectivity index (χ0) is 7.11. The summed E-state index contributed by atoms with van der Waals surface area (Å²) in [5, 5.41) is 0. The molecule has 0 aromatic carbocycles. The van der Waals surface area contributed by atoms with Crippen LogP contribution in [0.3, 0.4) is 0 Å². The van der Waals surface area contributed by atoms with E-state index in [1.807, 2.05) is 13.8 Å². The summed E-state index contributed by atoms with van der Waals surface area (Å²) in [6, 6.07) is 0. The van der Waals surface area contributed by atoms with Gasteiger partial charge >= 0.3 is 0 Å². The van der Waals surface area contributed by atoms with Crippen molar-refractivity contribution in [2.24, 2.45) is 0 Å².